The van der Waals surface area contributed by atoms with Crippen LogP contribution in [0.2, 0.25) is 0 Å². The molecule has 0 bridgehead atoms. The number of aromatic nitrogens is 2. The van der Waals surface area contributed by atoms with Gasteiger partial charge in [0.2, 0.25) is 5.95 Å². The molecular weight excluding hydrogens is 202 g/mol. The van der Waals surface area contributed by atoms with Crippen molar-refractivity contribution in [2.24, 2.45) is 0 Å². The largest absolute Gasteiger partial charge is 0.492 e. The van der Waals surface area contributed by atoms with Gasteiger partial charge in [-0.25, -0.2) is 4.98 Å². The minimum absolute atomic E-state index is 0.293. The summed E-state index contributed by atoms with van der Waals surface area (Å²) in [5.74, 6) is 1.34. The lowest BCUT2D eigenvalue weighted by atomic mass is 10.2. The van der Waals surface area contributed by atoms with E-state index in [1.165, 1.54) is 0 Å². The van der Waals surface area contributed by atoms with Crippen LogP contribution in [0, 0.1) is 0 Å². The fourth-order valence-electron chi connectivity index (χ4n) is 1.92. The number of para-hydroxylation sites is 1. The van der Waals surface area contributed by atoms with Gasteiger partial charge in [0, 0.05) is 6.04 Å². The molecule has 0 aliphatic heterocycles. The van der Waals surface area contributed by atoms with Crippen molar-refractivity contribution in [1.82, 2.24) is 9.55 Å². The molecule has 0 unspecified atom stereocenters. The summed E-state index contributed by atoms with van der Waals surface area (Å²) in [5, 5.41) is 0. The van der Waals surface area contributed by atoms with Crippen LogP contribution in [0.5, 0.6) is 5.75 Å². The second kappa shape index (κ2) is 4.04. The predicted molar refractivity (Wildman–Crippen MR) is 65.7 cm³/mol. The lowest BCUT2D eigenvalue weighted by molar-refractivity contribution is 0.343. The molecule has 0 radical (unpaired) electrons. The molecule has 0 saturated heterocycles. The van der Waals surface area contributed by atoms with Crippen LogP contribution >= 0.6 is 0 Å². The zero-order valence-electron chi connectivity index (χ0n) is 9.90. The summed E-state index contributed by atoms with van der Waals surface area (Å²) in [6.07, 6.45) is 0. The second-order valence-electron chi connectivity index (χ2n) is 3.99. The number of imidazole rings is 1. The normalized spacial score (nSPS) is 11.2. The third-order valence-electron chi connectivity index (χ3n) is 2.53. The summed E-state index contributed by atoms with van der Waals surface area (Å²) in [5.41, 5.74) is 7.79. The Hall–Kier alpha value is -1.71. The molecule has 0 spiro atoms. The van der Waals surface area contributed by atoms with Crippen LogP contribution in [0.3, 0.4) is 0 Å². The maximum absolute atomic E-state index is 5.92. The van der Waals surface area contributed by atoms with Crippen LogP contribution in [0.25, 0.3) is 11.0 Å². The first-order valence-electron chi connectivity index (χ1n) is 5.54. The summed E-state index contributed by atoms with van der Waals surface area (Å²) >= 11 is 0. The van der Waals surface area contributed by atoms with Crippen LogP contribution in [-0.4, -0.2) is 16.2 Å². The van der Waals surface area contributed by atoms with E-state index in [0.29, 0.717) is 18.6 Å². The van der Waals surface area contributed by atoms with Gasteiger partial charge in [-0.05, 0) is 32.9 Å². The van der Waals surface area contributed by atoms with Crippen LogP contribution in [-0.2, 0) is 0 Å². The SMILES string of the molecule is CCOc1cccc2c1nc(N)n2C(C)C. The minimum atomic E-state index is 0.293. The van der Waals surface area contributed by atoms with E-state index in [9.17, 15) is 0 Å². The number of anilines is 1. The molecule has 16 heavy (non-hydrogen) atoms. The lowest BCUT2D eigenvalue weighted by Crippen LogP contribution is -2.05. The average Bonchev–Trinajstić information content (AvgIpc) is 2.55. The Bertz CT molecular complexity index is 502. The van der Waals surface area contributed by atoms with Crippen molar-refractivity contribution in [2.75, 3.05) is 12.3 Å². The minimum Gasteiger partial charge on any atom is -0.492 e. The van der Waals surface area contributed by atoms with Crippen molar-refractivity contribution < 1.29 is 4.74 Å². The fraction of sp³-hybridized carbons (Fsp3) is 0.417. The predicted octanol–water partition coefficient (Wildman–Crippen LogP) is 2.60. The maximum atomic E-state index is 5.92. The molecule has 0 saturated carbocycles. The third-order valence-corrected chi connectivity index (χ3v) is 2.53. The Labute approximate surface area is 95.0 Å². The molecule has 0 atom stereocenters. The summed E-state index contributed by atoms with van der Waals surface area (Å²) in [7, 11) is 0. The van der Waals surface area contributed by atoms with Crippen LogP contribution in [0.1, 0.15) is 26.8 Å². The Kier molecular flexibility index (Phi) is 2.73. The molecule has 2 rings (SSSR count). The molecule has 2 N–H and O–H groups in total. The summed E-state index contributed by atoms with van der Waals surface area (Å²) < 4.78 is 7.55. The Balaban J connectivity index is 2.67. The maximum Gasteiger partial charge on any atom is 0.201 e. The van der Waals surface area contributed by atoms with E-state index in [4.69, 9.17) is 10.5 Å². The molecule has 1 aromatic carbocycles. The van der Waals surface area contributed by atoms with Gasteiger partial charge >= 0.3 is 0 Å². The zero-order valence-corrected chi connectivity index (χ0v) is 9.90. The van der Waals surface area contributed by atoms with Crippen molar-refractivity contribution in [3.8, 4) is 5.75 Å². The van der Waals surface area contributed by atoms with Gasteiger partial charge in [0.15, 0.2) is 0 Å². The Morgan fingerprint density at radius 1 is 1.44 bits per heavy atom. The van der Waals surface area contributed by atoms with Crippen molar-refractivity contribution >= 4 is 17.0 Å². The van der Waals surface area contributed by atoms with Crippen LogP contribution in [0.4, 0.5) is 5.95 Å². The lowest BCUT2D eigenvalue weighted by Gasteiger charge is -2.10. The van der Waals surface area contributed by atoms with Gasteiger partial charge in [-0.15, -0.1) is 0 Å². The zero-order chi connectivity index (χ0) is 11.7. The number of hydrogen-bond acceptors (Lipinski definition) is 3. The van der Waals surface area contributed by atoms with Gasteiger partial charge in [0.25, 0.3) is 0 Å². The van der Waals surface area contributed by atoms with E-state index < -0.39 is 0 Å². The average molecular weight is 219 g/mol. The van der Waals surface area contributed by atoms with Gasteiger partial charge in [0.05, 0.1) is 12.1 Å². The third kappa shape index (κ3) is 1.60. The Morgan fingerprint density at radius 2 is 2.19 bits per heavy atom. The van der Waals surface area contributed by atoms with Crippen LogP contribution < -0.4 is 10.5 Å². The highest BCUT2D eigenvalue weighted by Crippen LogP contribution is 2.29. The van der Waals surface area contributed by atoms with Crippen molar-refractivity contribution in [2.45, 2.75) is 26.8 Å². The van der Waals surface area contributed by atoms with Crippen molar-refractivity contribution in [3.63, 3.8) is 0 Å². The number of ether oxygens (including phenoxy) is 1. The number of hydrogen-bond donors (Lipinski definition) is 1. The second-order valence-corrected chi connectivity index (χ2v) is 3.99. The highest BCUT2D eigenvalue weighted by molar-refractivity contribution is 5.84. The molecule has 4 nitrogen and oxygen atoms in total. The van der Waals surface area contributed by atoms with Crippen molar-refractivity contribution in [1.29, 1.82) is 0 Å². The molecule has 4 heteroatoms. The van der Waals surface area contributed by atoms with E-state index in [-0.39, 0.29) is 0 Å². The van der Waals surface area contributed by atoms with Gasteiger partial charge < -0.3 is 15.0 Å². The summed E-state index contributed by atoms with van der Waals surface area (Å²) in [6, 6.07) is 6.19. The smallest absolute Gasteiger partial charge is 0.201 e. The number of fused-ring (bicyclic) bond motifs is 1. The number of rotatable bonds is 3. The number of nitrogen functional groups attached to an aromatic ring is 1. The Morgan fingerprint density at radius 3 is 2.81 bits per heavy atom. The molecule has 0 amide bonds. The first kappa shape index (κ1) is 10.8. The van der Waals surface area contributed by atoms with Crippen molar-refractivity contribution in [3.05, 3.63) is 18.2 Å². The van der Waals surface area contributed by atoms with E-state index in [0.717, 1.165) is 16.8 Å². The van der Waals surface area contributed by atoms with E-state index in [2.05, 4.69) is 18.8 Å². The fourth-order valence-corrected chi connectivity index (χ4v) is 1.92. The van der Waals surface area contributed by atoms with E-state index >= 15 is 0 Å². The standard InChI is InChI=1S/C12H17N3O/c1-4-16-10-7-5-6-9-11(10)14-12(13)15(9)8(2)3/h5-8H,4H2,1-3H3,(H2,13,14). The molecule has 1 aromatic heterocycles. The molecule has 0 aliphatic rings. The molecule has 0 fully saturated rings. The van der Waals surface area contributed by atoms with Gasteiger partial charge in [-0.2, -0.15) is 0 Å². The summed E-state index contributed by atoms with van der Waals surface area (Å²) in [6.45, 7) is 6.77. The first-order chi connectivity index (χ1) is 7.65. The summed E-state index contributed by atoms with van der Waals surface area (Å²) in [4.78, 5) is 4.37. The highest BCUT2D eigenvalue weighted by atomic mass is 16.5. The highest BCUT2D eigenvalue weighted by Gasteiger charge is 2.13. The first-order valence-corrected chi connectivity index (χ1v) is 5.54. The van der Waals surface area contributed by atoms with Gasteiger partial charge in [-0.3, -0.25) is 0 Å². The van der Waals surface area contributed by atoms with E-state index in [1.54, 1.807) is 0 Å². The molecular formula is C12H17N3O. The van der Waals surface area contributed by atoms with Gasteiger partial charge in [-0.1, -0.05) is 6.07 Å². The molecule has 1 heterocycles. The topological polar surface area (TPSA) is 53.1 Å². The molecule has 0 aliphatic carbocycles. The molecule has 86 valence electrons. The van der Waals surface area contributed by atoms with Gasteiger partial charge in [0.1, 0.15) is 11.3 Å². The number of benzene rings is 1. The monoisotopic (exact) mass is 219 g/mol. The molecule has 2 aromatic rings. The van der Waals surface area contributed by atoms with Crippen LogP contribution in [0.15, 0.2) is 18.2 Å². The quantitative estimate of drug-likeness (QED) is 0.863. The number of nitrogens with zero attached hydrogens (tertiary/aromatic N) is 2. The van der Waals surface area contributed by atoms with E-state index in [1.807, 2.05) is 29.7 Å². The number of nitrogens with two attached hydrogens (primary N) is 1.